The lowest BCUT2D eigenvalue weighted by Crippen LogP contribution is -2.47. The third-order valence-corrected chi connectivity index (χ3v) is 14.8. The number of rotatable bonds is 16. The Balaban J connectivity index is 0.672. The molecule has 4 aromatic heterocycles. The van der Waals surface area contributed by atoms with Gasteiger partial charge in [0.2, 0.25) is 35.7 Å². The Morgan fingerprint density at radius 3 is 1.44 bits per heavy atom. The molecule has 0 bridgehead atoms. The molecule has 8 heterocycles. The lowest BCUT2D eigenvalue weighted by molar-refractivity contribution is 0.154. The molecule has 3 N–H and O–H groups in total. The van der Waals surface area contributed by atoms with Gasteiger partial charge in [-0.2, -0.15) is 19.9 Å². The standard InChI is InChI=1S/C58H64N18O2/c77-50-13-7-23-75(39-50)48-19-17-47(18-20-48)66-53-68-57(74-31-27-72(28-32-74)55-61-37-45(38-62-55)34-43-11-5-2-6-12-43)70-58(69-53)78-51-14-8-24-76(40-51)49-21-15-46(16-22-49)65-52-63-41-64-56(67-52)73-29-25-71(26-30-73)54-59-35-44(36-60-54)33-42-9-3-1-4-10-42/h1-6,9-12,15-22,35-38,41,50-51,77H,7-8,13-14,23-34,39-40H2,(H,63,64,65,67)(H,66,68,69,70)/t50-,51+/m1/s1. The maximum atomic E-state index is 10.3. The number of anilines is 10. The molecule has 0 aliphatic carbocycles. The minimum absolute atomic E-state index is 0.152. The largest absolute Gasteiger partial charge is 0.458 e. The first kappa shape index (κ1) is 50.1. The highest BCUT2D eigenvalue weighted by Crippen LogP contribution is 2.29. The number of piperidine rings is 2. The lowest BCUT2D eigenvalue weighted by Gasteiger charge is -2.35. The molecular formula is C58H64N18O2. The molecule has 4 aliphatic heterocycles. The Kier molecular flexibility index (Phi) is 15.2. The van der Waals surface area contributed by atoms with Crippen LogP contribution in [0.3, 0.4) is 0 Å². The van der Waals surface area contributed by atoms with Crippen LogP contribution in [0.25, 0.3) is 0 Å². The van der Waals surface area contributed by atoms with Gasteiger partial charge in [0.25, 0.3) is 0 Å². The minimum Gasteiger partial charge on any atom is -0.458 e. The van der Waals surface area contributed by atoms with E-state index >= 15 is 0 Å². The normalized spacial score (nSPS) is 18.0. The van der Waals surface area contributed by atoms with E-state index in [0.717, 1.165) is 124 Å². The van der Waals surface area contributed by atoms with Crippen molar-refractivity contribution in [1.82, 2.24) is 49.8 Å². The molecule has 4 aliphatic rings. The number of β-amino-alcohol motifs (C(OH)–C–C–N with tert-alkyl or cyclic N) is 1. The number of aliphatic hydroxyl groups excluding tert-OH is 1. The number of benzene rings is 4. The van der Waals surface area contributed by atoms with E-state index in [0.29, 0.717) is 63.1 Å². The van der Waals surface area contributed by atoms with Crippen molar-refractivity contribution in [1.29, 1.82) is 0 Å². The van der Waals surface area contributed by atoms with Crippen molar-refractivity contribution in [2.45, 2.75) is 50.7 Å². The summed E-state index contributed by atoms with van der Waals surface area (Å²) in [6, 6.07) is 37.6. The summed E-state index contributed by atoms with van der Waals surface area (Å²) < 4.78 is 6.71. The quantitative estimate of drug-likeness (QED) is 0.0895. The van der Waals surface area contributed by atoms with Crippen molar-refractivity contribution in [3.8, 4) is 6.01 Å². The van der Waals surface area contributed by atoms with Crippen LogP contribution in [-0.2, 0) is 12.8 Å². The maximum absolute atomic E-state index is 10.3. The second-order valence-corrected chi connectivity index (χ2v) is 20.3. The van der Waals surface area contributed by atoms with E-state index in [2.05, 4.69) is 135 Å². The van der Waals surface area contributed by atoms with Gasteiger partial charge in [0.05, 0.1) is 12.6 Å². The number of ether oxygens (including phenoxy) is 1. The number of hydrogen-bond acceptors (Lipinski definition) is 20. The highest BCUT2D eigenvalue weighted by molar-refractivity contribution is 5.62. The number of nitrogens with zero attached hydrogens (tertiary/aromatic N) is 16. The molecule has 0 radical (unpaired) electrons. The topological polar surface area (TPSA) is 202 Å². The number of aliphatic hydroxyl groups is 1. The molecule has 0 saturated carbocycles. The monoisotopic (exact) mass is 1040 g/mol. The molecule has 20 heteroatoms. The Hall–Kier alpha value is -8.78. The number of hydrogen-bond donors (Lipinski definition) is 3. The molecule has 8 aromatic rings. The van der Waals surface area contributed by atoms with E-state index in [1.807, 2.05) is 49.1 Å². The zero-order valence-electron chi connectivity index (χ0n) is 43.7. The summed E-state index contributed by atoms with van der Waals surface area (Å²) >= 11 is 0. The van der Waals surface area contributed by atoms with Crippen molar-refractivity contribution < 1.29 is 9.84 Å². The third kappa shape index (κ3) is 12.6. The maximum Gasteiger partial charge on any atom is 0.323 e. The Labute approximate surface area is 454 Å². The van der Waals surface area contributed by atoms with Gasteiger partial charge >= 0.3 is 6.01 Å². The second-order valence-electron chi connectivity index (χ2n) is 20.3. The zero-order chi connectivity index (χ0) is 52.5. The van der Waals surface area contributed by atoms with E-state index in [9.17, 15) is 5.11 Å². The van der Waals surface area contributed by atoms with Crippen LogP contribution in [0.1, 0.15) is 47.9 Å². The number of aromatic nitrogens is 10. The van der Waals surface area contributed by atoms with E-state index in [4.69, 9.17) is 44.6 Å². The number of piperazine rings is 2. The molecule has 398 valence electrons. The molecule has 2 atom stereocenters. The van der Waals surface area contributed by atoms with Crippen LogP contribution in [0.15, 0.2) is 140 Å². The predicted octanol–water partition coefficient (Wildman–Crippen LogP) is 6.97. The first-order chi connectivity index (χ1) is 38.4. The summed E-state index contributed by atoms with van der Waals surface area (Å²) in [6.45, 7) is 8.87. The van der Waals surface area contributed by atoms with Crippen LogP contribution in [0.5, 0.6) is 6.01 Å². The van der Waals surface area contributed by atoms with Gasteiger partial charge in [-0.25, -0.2) is 29.9 Å². The summed E-state index contributed by atoms with van der Waals surface area (Å²) in [7, 11) is 0. The fraction of sp³-hybridized carbons (Fsp3) is 0.345. The summed E-state index contributed by atoms with van der Waals surface area (Å²) in [5.74, 6) is 3.54. The van der Waals surface area contributed by atoms with Crippen molar-refractivity contribution in [2.75, 3.05) is 119 Å². The zero-order valence-corrected chi connectivity index (χ0v) is 43.7. The molecule has 0 amide bonds. The molecule has 4 fully saturated rings. The van der Waals surface area contributed by atoms with Gasteiger partial charge in [-0.1, -0.05) is 60.7 Å². The SMILES string of the molecule is O[C@@H]1CCCN(c2ccc(Nc3nc(O[C@H]4CCCN(c5ccc(Nc6ncnc(N7CCN(c8ncc(Cc9ccccc9)cn8)CC7)n6)cc5)C4)nc(N4CCN(c5ncc(Cc6ccccc6)cn5)CC4)n3)cc2)C1. The molecular weight excluding hydrogens is 981 g/mol. The average Bonchev–Trinajstić information content (AvgIpc) is 3.49. The van der Waals surface area contributed by atoms with Crippen LogP contribution in [0.4, 0.5) is 58.4 Å². The molecule has 78 heavy (non-hydrogen) atoms. The highest BCUT2D eigenvalue weighted by Gasteiger charge is 2.27. The predicted molar refractivity (Wildman–Crippen MR) is 304 cm³/mol. The van der Waals surface area contributed by atoms with Gasteiger partial charge in [0.15, 0.2) is 0 Å². The minimum atomic E-state index is -0.307. The highest BCUT2D eigenvalue weighted by atomic mass is 16.5. The Morgan fingerprint density at radius 2 is 0.897 bits per heavy atom. The summed E-state index contributed by atoms with van der Waals surface area (Å²) in [6.07, 6.45) is 14.0. The molecule has 0 spiro atoms. The molecule has 4 saturated heterocycles. The fourth-order valence-corrected chi connectivity index (χ4v) is 10.6. The molecule has 0 unspecified atom stereocenters. The van der Waals surface area contributed by atoms with Gasteiger partial charge in [0.1, 0.15) is 12.4 Å². The van der Waals surface area contributed by atoms with Gasteiger partial charge in [-0.05, 0) is 96.5 Å². The van der Waals surface area contributed by atoms with E-state index < -0.39 is 0 Å². The van der Waals surface area contributed by atoms with E-state index in [-0.39, 0.29) is 18.2 Å². The summed E-state index contributed by atoms with van der Waals surface area (Å²) in [5, 5.41) is 17.1. The van der Waals surface area contributed by atoms with Crippen LogP contribution in [0, 0.1) is 0 Å². The van der Waals surface area contributed by atoms with Gasteiger partial charge < -0.3 is 49.9 Å². The van der Waals surface area contributed by atoms with Crippen LogP contribution < -0.4 is 44.8 Å². The van der Waals surface area contributed by atoms with Crippen LogP contribution in [0.2, 0.25) is 0 Å². The first-order valence-electron chi connectivity index (χ1n) is 27.2. The smallest absolute Gasteiger partial charge is 0.323 e. The second kappa shape index (κ2) is 23.6. The van der Waals surface area contributed by atoms with Crippen molar-refractivity contribution >= 4 is 58.4 Å². The first-order valence-corrected chi connectivity index (χ1v) is 27.2. The Bertz CT molecular complexity index is 3180. The summed E-state index contributed by atoms with van der Waals surface area (Å²) in [4.78, 5) is 60.7. The molecule has 4 aromatic carbocycles. The fourth-order valence-electron chi connectivity index (χ4n) is 10.6. The lowest BCUT2D eigenvalue weighted by atomic mass is 10.1. The van der Waals surface area contributed by atoms with Crippen LogP contribution in [-0.4, -0.2) is 146 Å². The molecule has 12 rings (SSSR count). The van der Waals surface area contributed by atoms with Gasteiger partial charge in [0, 0.05) is 132 Å². The van der Waals surface area contributed by atoms with Crippen molar-refractivity contribution in [3.63, 3.8) is 0 Å². The van der Waals surface area contributed by atoms with Crippen molar-refractivity contribution in [2.24, 2.45) is 0 Å². The summed E-state index contributed by atoms with van der Waals surface area (Å²) in [5.41, 5.74) is 8.53. The third-order valence-electron chi connectivity index (χ3n) is 14.8. The van der Waals surface area contributed by atoms with Gasteiger partial charge in [-0.15, -0.1) is 0 Å². The van der Waals surface area contributed by atoms with E-state index in [1.54, 1.807) is 6.33 Å². The average molecular weight is 1050 g/mol. The van der Waals surface area contributed by atoms with Crippen molar-refractivity contribution in [3.05, 3.63) is 163 Å². The molecule has 20 nitrogen and oxygen atoms in total. The number of nitrogens with one attached hydrogen (secondary N) is 2. The Morgan fingerprint density at radius 1 is 0.423 bits per heavy atom. The van der Waals surface area contributed by atoms with Gasteiger partial charge in [-0.3, -0.25) is 0 Å². The van der Waals surface area contributed by atoms with E-state index in [1.165, 1.54) is 11.1 Å². The van der Waals surface area contributed by atoms with Crippen LogP contribution >= 0.6 is 0 Å².